The lowest BCUT2D eigenvalue weighted by Gasteiger charge is -2.24. The molecule has 1 saturated heterocycles. The normalized spacial score (nSPS) is 17.0. The monoisotopic (exact) mass is 398 g/mol. The number of rotatable bonds is 5. The van der Waals surface area contributed by atoms with Crippen LogP contribution >= 0.6 is 11.6 Å². The van der Waals surface area contributed by atoms with Crippen LogP contribution in [0, 0.1) is 11.6 Å². The summed E-state index contributed by atoms with van der Waals surface area (Å²) in [5.41, 5.74) is 5.67. The van der Waals surface area contributed by atoms with Gasteiger partial charge >= 0.3 is 0 Å². The first-order chi connectivity index (χ1) is 12.8. The highest BCUT2D eigenvalue weighted by molar-refractivity contribution is 6.31. The third kappa shape index (κ3) is 4.06. The van der Waals surface area contributed by atoms with Crippen molar-refractivity contribution in [2.24, 2.45) is 5.73 Å². The van der Waals surface area contributed by atoms with E-state index in [-0.39, 0.29) is 35.2 Å². The van der Waals surface area contributed by atoms with Gasteiger partial charge in [-0.3, -0.25) is 9.36 Å². The minimum Gasteiger partial charge on any atom is -0.471 e. The van der Waals surface area contributed by atoms with Gasteiger partial charge < -0.3 is 15.4 Å². The van der Waals surface area contributed by atoms with Crippen molar-refractivity contribution in [3.8, 4) is 5.88 Å². The van der Waals surface area contributed by atoms with Gasteiger partial charge in [0, 0.05) is 36.8 Å². The van der Waals surface area contributed by atoms with E-state index in [1.165, 1.54) is 10.6 Å². The van der Waals surface area contributed by atoms with Gasteiger partial charge in [-0.1, -0.05) is 11.6 Å². The third-order valence-electron chi connectivity index (χ3n) is 4.41. The van der Waals surface area contributed by atoms with Gasteiger partial charge in [-0.25, -0.2) is 8.78 Å². The number of hydrogen-bond donors (Lipinski definition) is 1. The lowest BCUT2D eigenvalue weighted by atomic mass is 10.2. The van der Waals surface area contributed by atoms with Gasteiger partial charge in [-0.2, -0.15) is 4.98 Å². The molecule has 2 aromatic rings. The Kier molecular flexibility index (Phi) is 5.67. The first-order valence-corrected chi connectivity index (χ1v) is 9.05. The Morgan fingerprint density at radius 2 is 2.15 bits per heavy atom. The average molecular weight is 399 g/mol. The summed E-state index contributed by atoms with van der Waals surface area (Å²) in [6.07, 6.45) is 0.785. The molecule has 9 heteroatoms. The van der Waals surface area contributed by atoms with Gasteiger partial charge in [0.2, 0.25) is 11.8 Å². The van der Waals surface area contributed by atoms with Crippen LogP contribution in [0.25, 0.3) is 0 Å². The molecule has 1 atom stereocenters. The molecular weight excluding hydrogens is 378 g/mol. The zero-order valence-electron chi connectivity index (χ0n) is 15.1. The highest BCUT2D eigenvalue weighted by Gasteiger charge is 2.27. The third-order valence-corrected chi connectivity index (χ3v) is 4.74. The first kappa shape index (κ1) is 19.6. The molecule has 2 heterocycles. The van der Waals surface area contributed by atoms with Crippen molar-refractivity contribution < 1.29 is 13.5 Å². The van der Waals surface area contributed by atoms with Gasteiger partial charge in [0.1, 0.15) is 18.2 Å². The molecule has 1 fully saturated rings. The molecule has 1 aliphatic rings. The SMILES string of the molecule is CC(C)n1c(N2CC[C@H](N)C2)nc(OCc2ccc(F)cc2F)c(Cl)c1=O. The van der Waals surface area contributed by atoms with Crippen molar-refractivity contribution in [3.05, 3.63) is 50.8 Å². The van der Waals surface area contributed by atoms with Gasteiger partial charge in [-0.05, 0) is 32.4 Å². The summed E-state index contributed by atoms with van der Waals surface area (Å²) in [5.74, 6) is -1.09. The molecule has 0 radical (unpaired) electrons. The molecule has 2 N–H and O–H groups in total. The van der Waals surface area contributed by atoms with Gasteiger partial charge in [0.15, 0.2) is 5.02 Å². The van der Waals surface area contributed by atoms with E-state index in [9.17, 15) is 13.6 Å². The summed E-state index contributed by atoms with van der Waals surface area (Å²) in [6.45, 7) is 4.70. The summed E-state index contributed by atoms with van der Waals surface area (Å²) in [6, 6.07) is 2.99. The fourth-order valence-electron chi connectivity index (χ4n) is 3.02. The summed E-state index contributed by atoms with van der Waals surface area (Å²) in [5, 5.41) is -0.182. The molecule has 0 aliphatic carbocycles. The highest BCUT2D eigenvalue weighted by atomic mass is 35.5. The topological polar surface area (TPSA) is 73.4 Å². The second-order valence-corrected chi connectivity index (χ2v) is 7.20. The lowest BCUT2D eigenvalue weighted by Crippen LogP contribution is -2.34. The molecule has 0 spiro atoms. The Bertz CT molecular complexity index is 904. The molecule has 3 rings (SSSR count). The summed E-state index contributed by atoms with van der Waals surface area (Å²) in [4.78, 5) is 19.1. The second kappa shape index (κ2) is 7.82. The molecule has 1 aromatic heterocycles. The predicted molar refractivity (Wildman–Crippen MR) is 99.4 cm³/mol. The van der Waals surface area contributed by atoms with E-state index in [1.807, 2.05) is 18.7 Å². The number of aromatic nitrogens is 2. The van der Waals surface area contributed by atoms with Crippen LogP contribution < -0.4 is 20.9 Å². The second-order valence-electron chi connectivity index (χ2n) is 6.82. The largest absolute Gasteiger partial charge is 0.471 e. The maximum atomic E-state index is 13.8. The number of nitrogens with zero attached hydrogens (tertiary/aromatic N) is 3. The molecule has 146 valence electrons. The van der Waals surface area contributed by atoms with Crippen molar-refractivity contribution in [2.45, 2.75) is 39.0 Å². The number of anilines is 1. The Hall–Kier alpha value is -2.19. The average Bonchev–Trinajstić information content (AvgIpc) is 3.03. The van der Waals surface area contributed by atoms with Crippen LogP contribution in [0.3, 0.4) is 0 Å². The molecule has 0 unspecified atom stereocenters. The maximum absolute atomic E-state index is 13.8. The van der Waals surface area contributed by atoms with Gasteiger partial charge in [0.05, 0.1) is 0 Å². The highest BCUT2D eigenvalue weighted by Crippen LogP contribution is 2.27. The van der Waals surface area contributed by atoms with Crippen LogP contribution in [0.5, 0.6) is 5.88 Å². The maximum Gasteiger partial charge on any atom is 0.277 e. The molecule has 1 aliphatic heterocycles. The quantitative estimate of drug-likeness (QED) is 0.838. The van der Waals surface area contributed by atoms with Gasteiger partial charge in [0.25, 0.3) is 5.56 Å². The molecule has 6 nitrogen and oxygen atoms in total. The van der Waals surface area contributed by atoms with E-state index in [0.717, 1.165) is 18.6 Å². The van der Waals surface area contributed by atoms with E-state index >= 15 is 0 Å². The predicted octanol–water partition coefficient (Wildman–Crippen LogP) is 2.87. The Morgan fingerprint density at radius 1 is 1.41 bits per heavy atom. The van der Waals surface area contributed by atoms with E-state index in [4.69, 9.17) is 22.1 Å². The van der Waals surface area contributed by atoms with Crippen molar-refractivity contribution in [1.29, 1.82) is 0 Å². The fraction of sp³-hybridized carbons (Fsp3) is 0.444. The first-order valence-electron chi connectivity index (χ1n) is 8.67. The van der Waals surface area contributed by atoms with Crippen LogP contribution in [0.15, 0.2) is 23.0 Å². The van der Waals surface area contributed by atoms with Crippen LogP contribution in [-0.2, 0) is 6.61 Å². The van der Waals surface area contributed by atoms with Crippen molar-refractivity contribution >= 4 is 17.5 Å². The molecule has 27 heavy (non-hydrogen) atoms. The van der Waals surface area contributed by atoms with E-state index in [2.05, 4.69) is 4.98 Å². The van der Waals surface area contributed by atoms with E-state index in [0.29, 0.717) is 19.0 Å². The zero-order valence-corrected chi connectivity index (χ0v) is 15.8. The number of hydrogen-bond acceptors (Lipinski definition) is 5. The number of halogens is 3. The Morgan fingerprint density at radius 3 is 2.74 bits per heavy atom. The number of nitrogens with two attached hydrogens (primary N) is 1. The molecule has 1 aromatic carbocycles. The van der Waals surface area contributed by atoms with Crippen molar-refractivity contribution in [1.82, 2.24) is 9.55 Å². The van der Waals surface area contributed by atoms with Gasteiger partial charge in [-0.15, -0.1) is 0 Å². The Labute approximate surface area is 160 Å². The van der Waals surface area contributed by atoms with Crippen LogP contribution in [0.1, 0.15) is 31.9 Å². The molecular formula is C18H21ClF2N4O2. The number of benzene rings is 1. The fourth-order valence-corrected chi connectivity index (χ4v) is 3.21. The van der Waals surface area contributed by atoms with Crippen molar-refractivity contribution in [2.75, 3.05) is 18.0 Å². The van der Waals surface area contributed by atoms with Crippen LogP contribution in [-0.4, -0.2) is 28.7 Å². The standard InChI is InChI=1S/C18H21ClF2N4O2/c1-10(2)25-17(26)15(19)16(23-18(25)24-6-5-13(22)8-24)27-9-11-3-4-12(20)7-14(11)21/h3-4,7,10,13H,5-6,8-9,22H2,1-2H3/t13-/m0/s1. The van der Waals surface area contributed by atoms with E-state index in [1.54, 1.807) is 0 Å². The summed E-state index contributed by atoms with van der Waals surface area (Å²) >= 11 is 6.16. The summed E-state index contributed by atoms with van der Waals surface area (Å²) < 4.78 is 33.8. The smallest absolute Gasteiger partial charge is 0.277 e. The molecule has 0 saturated carbocycles. The van der Waals surface area contributed by atoms with Crippen LogP contribution in [0.2, 0.25) is 5.02 Å². The lowest BCUT2D eigenvalue weighted by molar-refractivity contribution is 0.285. The minimum absolute atomic E-state index is 0.00382. The summed E-state index contributed by atoms with van der Waals surface area (Å²) in [7, 11) is 0. The van der Waals surface area contributed by atoms with Crippen LogP contribution in [0.4, 0.5) is 14.7 Å². The van der Waals surface area contributed by atoms with E-state index < -0.39 is 17.2 Å². The Balaban J connectivity index is 1.95. The molecule has 0 bridgehead atoms. The zero-order chi connectivity index (χ0) is 19.7. The number of ether oxygens (including phenoxy) is 1. The molecule has 0 amide bonds. The minimum atomic E-state index is -0.743. The van der Waals surface area contributed by atoms with Crippen molar-refractivity contribution in [3.63, 3.8) is 0 Å².